The molecule has 0 bridgehead atoms. The van der Waals surface area contributed by atoms with E-state index in [0.717, 1.165) is 5.56 Å². The Morgan fingerprint density at radius 2 is 2.04 bits per heavy atom. The molecule has 23 heavy (non-hydrogen) atoms. The second-order valence-electron chi connectivity index (χ2n) is 5.57. The van der Waals surface area contributed by atoms with E-state index in [9.17, 15) is 10.1 Å². The summed E-state index contributed by atoms with van der Waals surface area (Å²) in [5.74, 6) is 0. The molecule has 3 rings (SSSR count). The van der Waals surface area contributed by atoms with E-state index in [0.29, 0.717) is 16.7 Å². The standard InChI is InChI=1S/C16H15N5O.ClH/c1-9(2)21-14(18)11(7-17)6-12-15(21)19-13-5-4-10(3)8-20(13)16(12)22;/h4-6,8-9,18H,1-3H3;1H. The van der Waals surface area contributed by atoms with Crippen molar-refractivity contribution in [1.29, 1.82) is 10.7 Å². The van der Waals surface area contributed by atoms with Crippen molar-refractivity contribution in [3.63, 3.8) is 0 Å². The summed E-state index contributed by atoms with van der Waals surface area (Å²) in [6, 6.07) is 7.03. The van der Waals surface area contributed by atoms with Crippen molar-refractivity contribution in [3.8, 4) is 6.07 Å². The van der Waals surface area contributed by atoms with Gasteiger partial charge in [-0.05, 0) is 38.5 Å². The lowest BCUT2D eigenvalue weighted by Crippen LogP contribution is -2.28. The number of pyridine rings is 2. The fourth-order valence-electron chi connectivity index (χ4n) is 2.59. The van der Waals surface area contributed by atoms with Crippen LogP contribution in [0.2, 0.25) is 0 Å². The largest absolute Gasteiger partial charge is 0.307 e. The Morgan fingerprint density at radius 3 is 2.65 bits per heavy atom. The van der Waals surface area contributed by atoms with Crippen molar-refractivity contribution in [2.45, 2.75) is 26.8 Å². The molecule has 0 saturated carbocycles. The maximum absolute atomic E-state index is 12.7. The molecule has 3 aromatic heterocycles. The number of aromatic nitrogens is 3. The molecule has 0 aromatic carbocycles. The molecule has 0 radical (unpaired) electrons. The average Bonchev–Trinajstić information content (AvgIpc) is 2.47. The van der Waals surface area contributed by atoms with Crippen molar-refractivity contribution < 1.29 is 0 Å². The molecule has 3 heterocycles. The number of nitrogens with one attached hydrogen (secondary N) is 1. The minimum atomic E-state index is -0.227. The Bertz CT molecular complexity index is 1070. The van der Waals surface area contributed by atoms with E-state index in [1.54, 1.807) is 16.8 Å². The fraction of sp³-hybridized carbons (Fsp3) is 0.250. The van der Waals surface area contributed by atoms with Crippen molar-refractivity contribution in [1.82, 2.24) is 14.0 Å². The molecule has 1 N–H and O–H groups in total. The third-order valence-electron chi connectivity index (χ3n) is 3.64. The van der Waals surface area contributed by atoms with Crippen LogP contribution in [0.15, 0.2) is 29.2 Å². The van der Waals surface area contributed by atoms with Crippen LogP contribution in [0.4, 0.5) is 0 Å². The van der Waals surface area contributed by atoms with E-state index in [1.807, 2.05) is 32.9 Å². The van der Waals surface area contributed by atoms with E-state index in [1.165, 1.54) is 10.5 Å². The Morgan fingerprint density at radius 1 is 1.35 bits per heavy atom. The zero-order valence-corrected chi connectivity index (χ0v) is 13.8. The maximum Gasteiger partial charge on any atom is 0.267 e. The van der Waals surface area contributed by atoms with Gasteiger partial charge in [0, 0.05) is 12.2 Å². The van der Waals surface area contributed by atoms with Gasteiger partial charge in [0.05, 0.1) is 10.9 Å². The fourth-order valence-corrected chi connectivity index (χ4v) is 2.59. The predicted octanol–water partition coefficient (Wildman–Crippen LogP) is 2.31. The lowest BCUT2D eigenvalue weighted by Gasteiger charge is -2.15. The topological polar surface area (TPSA) is 86.9 Å². The third kappa shape index (κ3) is 2.49. The quantitative estimate of drug-likeness (QED) is 0.695. The first kappa shape index (κ1) is 16.7. The molecule has 6 nitrogen and oxygen atoms in total. The summed E-state index contributed by atoms with van der Waals surface area (Å²) >= 11 is 0. The smallest absolute Gasteiger partial charge is 0.267 e. The minimum absolute atomic E-state index is 0. The molecule has 0 saturated heterocycles. The number of nitrogens with zero attached hydrogens (tertiary/aromatic N) is 4. The van der Waals surface area contributed by atoms with Crippen LogP contribution in [0.25, 0.3) is 16.7 Å². The van der Waals surface area contributed by atoms with Gasteiger partial charge in [0.15, 0.2) is 0 Å². The van der Waals surface area contributed by atoms with E-state index >= 15 is 0 Å². The first-order valence-electron chi connectivity index (χ1n) is 6.97. The summed E-state index contributed by atoms with van der Waals surface area (Å²) in [7, 11) is 0. The van der Waals surface area contributed by atoms with Gasteiger partial charge >= 0.3 is 0 Å². The number of fused-ring (bicyclic) bond motifs is 2. The maximum atomic E-state index is 12.7. The van der Waals surface area contributed by atoms with Crippen LogP contribution in [0.3, 0.4) is 0 Å². The van der Waals surface area contributed by atoms with Crippen molar-refractivity contribution in [2.75, 3.05) is 0 Å². The summed E-state index contributed by atoms with van der Waals surface area (Å²) < 4.78 is 3.10. The van der Waals surface area contributed by atoms with Gasteiger partial charge in [-0.1, -0.05) is 6.07 Å². The summed E-state index contributed by atoms with van der Waals surface area (Å²) in [4.78, 5) is 17.3. The Kier molecular flexibility index (Phi) is 4.26. The van der Waals surface area contributed by atoms with Gasteiger partial charge < -0.3 is 4.57 Å². The lowest BCUT2D eigenvalue weighted by atomic mass is 10.2. The second kappa shape index (κ2) is 5.86. The van der Waals surface area contributed by atoms with Gasteiger partial charge in [-0.2, -0.15) is 5.26 Å². The SMILES string of the molecule is Cc1ccc2nc3c(cc(C#N)c(=N)n3C(C)C)c(=O)n2c1.Cl. The van der Waals surface area contributed by atoms with Gasteiger partial charge in [0.25, 0.3) is 5.56 Å². The van der Waals surface area contributed by atoms with Crippen molar-refractivity contribution >= 4 is 29.1 Å². The van der Waals surface area contributed by atoms with Gasteiger partial charge in [-0.3, -0.25) is 14.6 Å². The molecule has 0 fully saturated rings. The number of hydrogen-bond donors (Lipinski definition) is 1. The monoisotopic (exact) mass is 329 g/mol. The number of aryl methyl sites for hydroxylation is 1. The highest BCUT2D eigenvalue weighted by atomic mass is 35.5. The highest BCUT2D eigenvalue weighted by molar-refractivity contribution is 5.85. The predicted molar refractivity (Wildman–Crippen MR) is 89.9 cm³/mol. The van der Waals surface area contributed by atoms with Gasteiger partial charge in [-0.15, -0.1) is 12.4 Å². The molecular formula is C16H16ClN5O. The molecule has 0 unspecified atom stereocenters. The van der Waals surface area contributed by atoms with Crippen LogP contribution < -0.4 is 11.0 Å². The number of rotatable bonds is 1. The number of hydrogen-bond acceptors (Lipinski definition) is 4. The molecule has 0 aliphatic carbocycles. The Hall–Kier alpha value is -2.65. The minimum Gasteiger partial charge on any atom is -0.307 e. The molecular weight excluding hydrogens is 314 g/mol. The average molecular weight is 330 g/mol. The van der Waals surface area contributed by atoms with Gasteiger partial charge in [0.2, 0.25) is 0 Å². The van der Waals surface area contributed by atoms with Crippen LogP contribution in [0.5, 0.6) is 0 Å². The summed E-state index contributed by atoms with van der Waals surface area (Å²) in [6.45, 7) is 5.70. The van der Waals surface area contributed by atoms with E-state index in [2.05, 4.69) is 4.98 Å². The van der Waals surface area contributed by atoms with Crippen molar-refractivity contribution in [2.24, 2.45) is 0 Å². The normalized spacial score (nSPS) is 10.7. The van der Waals surface area contributed by atoms with Crippen LogP contribution in [-0.4, -0.2) is 14.0 Å². The summed E-state index contributed by atoms with van der Waals surface area (Å²) in [5, 5.41) is 17.7. The summed E-state index contributed by atoms with van der Waals surface area (Å²) in [6.07, 6.45) is 1.73. The van der Waals surface area contributed by atoms with Gasteiger partial charge in [-0.25, -0.2) is 4.98 Å². The second-order valence-corrected chi connectivity index (χ2v) is 5.57. The highest BCUT2D eigenvalue weighted by Gasteiger charge is 2.14. The molecule has 0 atom stereocenters. The van der Waals surface area contributed by atoms with E-state index in [4.69, 9.17) is 5.41 Å². The third-order valence-corrected chi connectivity index (χ3v) is 3.64. The van der Waals surface area contributed by atoms with E-state index < -0.39 is 0 Å². The highest BCUT2D eigenvalue weighted by Crippen LogP contribution is 2.14. The molecule has 0 aliphatic heterocycles. The molecule has 118 valence electrons. The van der Waals surface area contributed by atoms with E-state index in [-0.39, 0.29) is 35.1 Å². The first-order chi connectivity index (χ1) is 10.4. The number of halogens is 1. The zero-order valence-electron chi connectivity index (χ0n) is 13.0. The molecule has 0 amide bonds. The number of nitriles is 1. The first-order valence-corrected chi connectivity index (χ1v) is 6.97. The molecule has 0 aliphatic rings. The van der Waals surface area contributed by atoms with Crippen LogP contribution >= 0.6 is 12.4 Å². The Balaban J connectivity index is 0.00000192. The van der Waals surface area contributed by atoms with Gasteiger partial charge in [0.1, 0.15) is 22.9 Å². The zero-order chi connectivity index (χ0) is 16.0. The van der Waals surface area contributed by atoms with Crippen LogP contribution in [0.1, 0.15) is 31.0 Å². The van der Waals surface area contributed by atoms with Crippen molar-refractivity contribution in [3.05, 3.63) is 51.4 Å². The molecule has 3 aromatic rings. The lowest BCUT2D eigenvalue weighted by molar-refractivity contribution is 0.580. The summed E-state index contributed by atoms with van der Waals surface area (Å²) in [5.41, 5.74) is 1.94. The van der Waals surface area contributed by atoms with Crippen LogP contribution in [0, 0.1) is 23.7 Å². The Labute approximate surface area is 138 Å². The molecule has 7 heteroatoms. The van der Waals surface area contributed by atoms with Crippen LogP contribution in [-0.2, 0) is 0 Å². The molecule has 0 spiro atoms.